The van der Waals surface area contributed by atoms with E-state index in [1.807, 2.05) is 48.6 Å². The number of unbranched alkanes of at least 4 members (excludes halogenated alkanes) is 26. The van der Waals surface area contributed by atoms with Crippen molar-refractivity contribution in [3.8, 4) is 0 Å². The first kappa shape index (κ1) is 58.3. The van der Waals surface area contributed by atoms with Gasteiger partial charge in [-0.2, -0.15) is 0 Å². The molecule has 1 amide bonds. The number of aliphatic hydroxyl groups excluding tert-OH is 2. The van der Waals surface area contributed by atoms with Crippen LogP contribution in [-0.2, 0) is 14.3 Å². The zero-order valence-electron chi connectivity index (χ0n) is 40.0. The van der Waals surface area contributed by atoms with Gasteiger partial charge in [0.2, 0.25) is 5.91 Å². The first-order valence-electron chi connectivity index (χ1n) is 25.7. The molecule has 0 saturated heterocycles. The van der Waals surface area contributed by atoms with Gasteiger partial charge in [-0.3, -0.25) is 9.59 Å². The molecule has 0 aliphatic rings. The number of hydrogen-bond acceptors (Lipinski definition) is 5. The Kier molecular flexibility index (Phi) is 46.2. The highest BCUT2D eigenvalue weighted by molar-refractivity contribution is 5.77. The van der Waals surface area contributed by atoms with Gasteiger partial charge in [-0.25, -0.2) is 0 Å². The molecule has 61 heavy (non-hydrogen) atoms. The Bertz CT molecular complexity index is 1140. The number of allylic oxidation sites excluding steroid dienone is 12. The third-order valence-electron chi connectivity index (χ3n) is 11.5. The van der Waals surface area contributed by atoms with Crippen LogP contribution in [-0.4, -0.2) is 46.9 Å². The number of amides is 1. The van der Waals surface area contributed by atoms with E-state index in [0.29, 0.717) is 19.3 Å². The van der Waals surface area contributed by atoms with Gasteiger partial charge in [-0.15, -0.1) is 0 Å². The predicted octanol–water partition coefficient (Wildman–Crippen LogP) is 15.4. The number of aliphatic hydroxyl groups is 2. The summed E-state index contributed by atoms with van der Waals surface area (Å²) in [7, 11) is 0. The van der Waals surface area contributed by atoms with Crippen LogP contribution in [0.3, 0.4) is 0 Å². The average molecular weight is 852 g/mol. The number of nitrogens with one attached hydrogen (secondary N) is 1. The second kappa shape index (κ2) is 48.3. The Morgan fingerprint density at radius 2 is 0.885 bits per heavy atom. The van der Waals surface area contributed by atoms with Crippen molar-refractivity contribution >= 4 is 11.9 Å². The molecule has 0 aliphatic carbocycles. The summed E-state index contributed by atoms with van der Waals surface area (Å²) >= 11 is 0. The zero-order chi connectivity index (χ0) is 44.5. The van der Waals surface area contributed by atoms with Gasteiger partial charge < -0.3 is 20.3 Å². The Morgan fingerprint density at radius 1 is 0.492 bits per heavy atom. The maximum Gasteiger partial charge on any atom is 0.306 e. The molecule has 0 aliphatic heterocycles. The van der Waals surface area contributed by atoms with Gasteiger partial charge in [0.1, 0.15) is 6.10 Å². The minimum Gasteiger partial charge on any atom is -0.462 e. The number of carbonyl (C=O) groups is 2. The van der Waals surface area contributed by atoms with Crippen molar-refractivity contribution in [3.05, 3.63) is 72.9 Å². The van der Waals surface area contributed by atoms with Crippen LogP contribution in [0.4, 0.5) is 0 Å². The van der Waals surface area contributed by atoms with Crippen LogP contribution in [0.2, 0.25) is 0 Å². The van der Waals surface area contributed by atoms with Crippen LogP contribution in [0.15, 0.2) is 72.9 Å². The smallest absolute Gasteiger partial charge is 0.306 e. The number of hydrogen-bond donors (Lipinski definition) is 3. The summed E-state index contributed by atoms with van der Waals surface area (Å²) in [4.78, 5) is 26.1. The summed E-state index contributed by atoms with van der Waals surface area (Å²) < 4.78 is 5.92. The molecule has 3 atom stereocenters. The standard InChI is InChI=1S/C55H97NO5/c1-4-7-10-13-16-19-21-23-25-27-29-31-33-36-39-42-45-48-55(60)61-51(46-43-40-37-35-32-30-28-26-24-22-20-17-14-11-8-5-2)49-54(59)56-52(50-57)53(58)47-44-41-38-34-18-15-12-9-6-3/h7,10,13,16,19,21,23,25,27,29,31,33,51-53,57-58H,4-6,8-9,11-12,14-15,17-18,20,22,24,26,28,30,32,34-50H2,1-3H3,(H,56,59)/b10-7-,16-13+,21-19+,25-23-,29-27+,33-31+. The largest absolute Gasteiger partial charge is 0.462 e. The van der Waals surface area contributed by atoms with Crippen molar-refractivity contribution in [2.24, 2.45) is 0 Å². The van der Waals surface area contributed by atoms with E-state index in [0.717, 1.165) is 70.6 Å². The third-order valence-corrected chi connectivity index (χ3v) is 11.5. The van der Waals surface area contributed by atoms with Crippen molar-refractivity contribution in [2.75, 3.05) is 6.61 Å². The first-order chi connectivity index (χ1) is 30.0. The highest BCUT2D eigenvalue weighted by Crippen LogP contribution is 2.18. The molecule has 0 heterocycles. The monoisotopic (exact) mass is 852 g/mol. The lowest BCUT2D eigenvalue weighted by molar-refractivity contribution is -0.151. The lowest BCUT2D eigenvalue weighted by Crippen LogP contribution is -2.46. The SMILES string of the molecule is CC\C=C/C=C/C=C/C=C\C=C\C=C\CCCCCC(=O)OC(CCCCCCCCCCCCCCCCCC)CC(=O)NC(CO)C(O)CCCCCCCCCCC. The average Bonchev–Trinajstić information content (AvgIpc) is 3.25. The highest BCUT2D eigenvalue weighted by Gasteiger charge is 2.24. The maximum atomic E-state index is 13.2. The molecule has 352 valence electrons. The molecule has 0 saturated carbocycles. The van der Waals surface area contributed by atoms with Crippen molar-refractivity contribution in [3.63, 3.8) is 0 Å². The lowest BCUT2D eigenvalue weighted by atomic mass is 10.0. The minimum atomic E-state index is -0.796. The van der Waals surface area contributed by atoms with Crippen LogP contribution in [0.1, 0.15) is 239 Å². The number of esters is 1. The van der Waals surface area contributed by atoms with Crippen LogP contribution in [0.25, 0.3) is 0 Å². The van der Waals surface area contributed by atoms with Crippen LogP contribution < -0.4 is 5.32 Å². The van der Waals surface area contributed by atoms with E-state index in [2.05, 4.69) is 50.4 Å². The van der Waals surface area contributed by atoms with Gasteiger partial charge in [0.05, 0.1) is 25.2 Å². The first-order valence-corrected chi connectivity index (χ1v) is 25.7. The molecule has 0 spiro atoms. The topological polar surface area (TPSA) is 95.9 Å². The lowest BCUT2D eigenvalue weighted by Gasteiger charge is -2.24. The number of ether oxygens (including phenoxy) is 1. The van der Waals surface area contributed by atoms with E-state index in [1.165, 1.54) is 122 Å². The van der Waals surface area contributed by atoms with Crippen molar-refractivity contribution in [2.45, 2.75) is 257 Å². The number of carbonyl (C=O) groups excluding carboxylic acids is 2. The second-order valence-electron chi connectivity index (χ2n) is 17.4. The molecular weight excluding hydrogens is 755 g/mol. The van der Waals surface area contributed by atoms with Crippen LogP contribution >= 0.6 is 0 Å². The summed E-state index contributed by atoms with van der Waals surface area (Å²) in [6.45, 7) is 6.32. The van der Waals surface area contributed by atoms with Gasteiger partial charge in [-0.1, -0.05) is 254 Å². The normalized spacial score (nSPS) is 13.9. The van der Waals surface area contributed by atoms with Crippen LogP contribution in [0, 0.1) is 0 Å². The molecule has 0 rings (SSSR count). The van der Waals surface area contributed by atoms with E-state index < -0.39 is 18.2 Å². The Balaban J connectivity index is 4.66. The Hall–Kier alpha value is -2.70. The van der Waals surface area contributed by atoms with Gasteiger partial charge in [0.25, 0.3) is 0 Å². The molecule has 0 aromatic heterocycles. The molecule has 0 radical (unpaired) electrons. The van der Waals surface area contributed by atoms with E-state index in [4.69, 9.17) is 4.74 Å². The fraction of sp³-hybridized carbons (Fsp3) is 0.745. The summed E-state index contributed by atoms with van der Waals surface area (Å²) in [6.07, 6.45) is 61.0. The molecule has 0 aromatic rings. The summed E-state index contributed by atoms with van der Waals surface area (Å²) in [6, 6.07) is -0.711. The Morgan fingerprint density at radius 3 is 1.33 bits per heavy atom. The molecule has 3 unspecified atom stereocenters. The van der Waals surface area contributed by atoms with Crippen molar-refractivity contribution < 1.29 is 24.5 Å². The minimum absolute atomic E-state index is 0.0587. The summed E-state index contributed by atoms with van der Waals surface area (Å²) in [5.74, 6) is -0.523. The van der Waals surface area contributed by atoms with E-state index in [1.54, 1.807) is 0 Å². The van der Waals surface area contributed by atoms with E-state index in [9.17, 15) is 19.8 Å². The van der Waals surface area contributed by atoms with Gasteiger partial charge in [0, 0.05) is 6.42 Å². The van der Waals surface area contributed by atoms with Crippen molar-refractivity contribution in [1.29, 1.82) is 0 Å². The summed E-state index contributed by atoms with van der Waals surface area (Å²) in [5.41, 5.74) is 0. The maximum absolute atomic E-state index is 13.2. The number of rotatable bonds is 45. The van der Waals surface area contributed by atoms with Gasteiger partial charge in [-0.05, 0) is 44.9 Å². The van der Waals surface area contributed by atoms with Gasteiger partial charge >= 0.3 is 5.97 Å². The quantitative estimate of drug-likeness (QED) is 0.0322. The third kappa shape index (κ3) is 43.7. The summed E-state index contributed by atoms with van der Waals surface area (Å²) in [5, 5.41) is 23.7. The van der Waals surface area contributed by atoms with Crippen molar-refractivity contribution in [1.82, 2.24) is 5.32 Å². The van der Waals surface area contributed by atoms with E-state index in [-0.39, 0.29) is 24.9 Å². The zero-order valence-corrected chi connectivity index (χ0v) is 40.0. The molecule has 0 aromatic carbocycles. The highest BCUT2D eigenvalue weighted by atomic mass is 16.5. The molecular formula is C55H97NO5. The molecule has 3 N–H and O–H groups in total. The van der Waals surface area contributed by atoms with E-state index >= 15 is 0 Å². The fourth-order valence-electron chi connectivity index (χ4n) is 7.58. The molecule has 6 nitrogen and oxygen atoms in total. The van der Waals surface area contributed by atoms with Crippen LogP contribution in [0.5, 0.6) is 0 Å². The second-order valence-corrected chi connectivity index (χ2v) is 17.4. The molecule has 6 heteroatoms. The Labute approximate surface area is 377 Å². The molecule has 0 bridgehead atoms. The predicted molar refractivity (Wildman–Crippen MR) is 264 cm³/mol. The fourth-order valence-corrected chi connectivity index (χ4v) is 7.58. The molecule has 0 fully saturated rings. The van der Waals surface area contributed by atoms with Gasteiger partial charge in [0.15, 0.2) is 0 Å².